The average Bonchev–Trinajstić information content (AvgIpc) is 2.45. The normalized spacial score (nSPS) is 11.6. The molecule has 0 aliphatic heterocycles. The number of aliphatic hydroxyl groups is 1. The molecule has 0 saturated carbocycles. The molecule has 1 unspecified atom stereocenters. The van der Waals surface area contributed by atoms with E-state index in [-0.39, 0.29) is 25.3 Å². The third kappa shape index (κ3) is 4.62. The van der Waals surface area contributed by atoms with E-state index >= 15 is 0 Å². The zero-order valence-corrected chi connectivity index (χ0v) is 12.1. The third-order valence-corrected chi connectivity index (χ3v) is 2.72. The number of amides is 2. The highest BCUT2D eigenvalue weighted by atomic mass is 16.5. The lowest BCUT2D eigenvalue weighted by Gasteiger charge is -2.17. The van der Waals surface area contributed by atoms with Gasteiger partial charge in [-0.25, -0.2) is 4.79 Å². The van der Waals surface area contributed by atoms with E-state index in [9.17, 15) is 4.79 Å². The molecular weight excluding hydrogens is 260 g/mol. The number of hydrogen-bond donors (Lipinski definition) is 3. The van der Waals surface area contributed by atoms with Crippen molar-refractivity contribution in [3.05, 3.63) is 23.8 Å². The van der Waals surface area contributed by atoms with E-state index in [0.717, 1.165) is 5.56 Å². The summed E-state index contributed by atoms with van der Waals surface area (Å²) in [4.78, 5) is 11.5. The smallest absolute Gasteiger partial charge is 0.315 e. The number of urea groups is 1. The van der Waals surface area contributed by atoms with E-state index in [2.05, 4.69) is 10.6 Å². The fourth-order valence-electron chi connectivity index (χ4n) is 1.72. The van der Waals surface area contributed by atoms with Crippen LogP contribution in [0.15, 0.2) is 18.2 Å². The van der Waals surface area contributed by atoms with Crippen molar-refractivity contribution in [2.24, 2.45) is 0 Å². The quantitative estimate of drug-likeness (QED) is 0.707. The molecule has 0 aliphatic carbocycles. The predicted octanol–water partition coefficient (Wildman–Crippen LogP) is 1.45. The molecule has 0 bridgehead atoms. The van der Waals surface area contributed by atoms with Crippen molar-refractivity contribution in [3.8, 4) is 11.5 Å². The van der Waals surface area contributed by atoms with Gasteiger partial charge in [-0.15, -0.1) is 0 Å². The molecule has 20 heavy (non-hydrogen) atoms. The van der Waals surface area contributed by atoms with Crippen LogP contribution in [0.3, 0.4) is 0 Å². The van der Waals surface area contributed by atoms with Gasteiger partial charge in [0, 0.05) is 6.54 Å². The van der Waals surface area contributed by atoms with Crippen molar-refractivity contribution in [1.82, 2.24) is 10.6 Å². The van der Waals surface area contributed by atoms with Gasteiger partial charge in [0.2, 0.25) is 0 Å². The van der Waals surface area contributed by atoms with Gasteiger partial charge < -0.3 is 25.2 Å². The predicted molar refractivity (Wildman–Crippen MR) is 76.2 cm³/mol. The Kier molecular flexibility index (Phi) is 6.66. The Labute approximate surface area is 119 Å². The second kappa shape index (κ2) is 8.27. The minimum absolute atomic E-state index is 0.0555. The summed E-state index contributed by atoms with van der Waals surface area (Å²) >= 11 is 0. The molecule has 0 aromatic heterocycles. The van der Waals surface area contributed by atoms with Crippen molar-refractivity contribution in [2.45, 2.75) is 19.9 Å². The van der Waals surface area contributed by atoms with Crippen LogP contribution in [0.1, 0.15) is 25.5 Å². The van der Waals surface area contributed by atoms with E-state index in [1.54, 1.807) is 13.2 Å². The molecule has 112 valence electrons. The summed E-state index contributed by atoms with van der Waals surface area (Å²) in [5.41, 5.74) is 0.907. The van der Waals surface area contributed by atoms with Crippen LogP contribution in [0.4, 0.5) is 4.79 Å². The van der Waals surface area contributed by atoms with Gasteiger partial charge in [-0.2, -0.15) is 0 Å². The Hall–Kier alpha value is -1.95. The minimum atomic E-state index is -0.209. The number of carbonyl (C=O) groups excluding carboxylic acids is 1. The highest BCUT2D eigenvalue weighted by Gasteiger charge is 2.12. The van der Waals surface area contributed by atoms with E-state index in [0.29, 0.717) is 18.0 Å². The van der Waals surface area contributed by atoms with Crippen molar-refractivity contribution >= 4 is 6.03 Å². The van der Waals surface area contributed by atoms with Crippen molar-refractivity contribution in [2.75, 3.05) is 26.9 Å². The summed E-state index contributed by atoms with van der Waals surface area (Å²) in [7, 11) is 1.55. The van der Waals surface area contributed by atoms with Crippen LogP contribution in [0.2, 0.25) is 0 Å². The maximum Gasteiger partial charge on any atom is 0.315 e. The maximum absolute atomic E-state index is 11.5. The van der Waals surface area contributed by atoms with E-state index in [1.165, 1.54) is 0 Å². The van der Waals surface area contributed by atoms with Gasteiger partial charge in [0.05, 0.1) is 19.8 Å². The number of aliphatic hydroxyl groups excluding tert-OH is 1. The number of benzene rings is 1. The Morgan fingerprint density at radius 2 is 2.15 bits per heavy atom. The first-order valence-corrected chi connectivity index (χ1v) is 6.58. The van der Waals surface area contributed by atoms with Gasteiger partial charge in [-0.3, -0.25) is 0 Å². The topological polar surface area (TPSA) is 79.8 Å². The molecule has 0 fully saturated rings. The van der Waals surface area contributed by atoms with Crippen LogP contribution in [0, 0.1) is 0 Å². The number of nitrogens with one attached hydrogen (secondary N) is 2. The minimum Gasteiger partial charge on any atom is -0.493 e. The van der Waals surface area contributed by atoms with E-state index < -0.39 is 0 Å². The molecule has 0 saturated heterocycles. The van der Waals surface area contributed by atoms with Crippen LogP contribution in [-0.2, 0) is 0 Å². The van der Waals surface area contributed by atoms with Crippen molar-refractivity contribution < 1.29 is 19.4 Å². The van der Waals surface area contributed by atoms with Gasteiger partial charge in [0.1, 0.15) is 6.61 Å². The number of carbonyl (C=O) groups is 1. The van der Waals surface area contributed by atoms with Crippen LogP contribution in [0.5, 0.6) is 11.5 Å². The lowest BCUT2D eigenvalue weighted by molar-refractivity contribution is 0.196. The molecule has 0 radical (unpaired) electrons. The average molecular weight is 282 g/mol. The van der Waals surface area contributed by atoms with E-state index in [4.69, 9.17) is 14.6 Å². The molecular formula is C14H22N2O4. The fourth-order valence-corrected chi connectivity index (χ4v) is 1.72. The van der Waals surface area contributed by atoms with Gasteiger partial charge in [0.15, 0.2) is 11.5 Å². The number of ether oxygens (including phenoxy) is 2. The van der Waals surface area contributed by atoms with Crippen molar-refractivity contribution in [3.63, 3.8) is 0 Å². The largest absolute Gasteiger partial charge is 0.493 e. The first-order valence-electron chi connectivity index (χ1n) is 6.58. The maximum atomic E-state index is 11.5. The number of methoxy groups -OCH3 is 1. The molecule has 0 spiro atoms. The summed E-state index contributed by atoms with van der Waals surface area (Å²) in [5, 5.41) is 14.3. The molecule has 6 heteroatoms. The standard InChI is InChI=1S/C14H22N2O4/c1-4-15-14(18)16-10(2)11-5-6-12(20-8-7-17)13(9-11)19-3/h5-6,9-10,17H,4,7-8H2,1-3H3,(H2,15,16,18). The Morgan fingerprint density at radius 3 is 2.75 bits per heavy atom. The SMILES string of the molecule is CCNC(=O)NC(C)c1ccc(OCCO)c(OC)c1. The monoisotopic (exact) mass is 282 g/mol. The van der Waals surface area contributed by atoms with Gasteiger partial charge in [-0.1, -0.05) is 6.07 Å². The van der Waals surface area contributed by atoms with Gasteiger partial charge in [-0.05, 0) is 31.5 Å². The zero-order valence-electron chi connectivity index (χ0n) is 12.1. The summed E-state index contributed by atoms with van der Waals surface area (Å²) < 4.78 is 10.6. The molecule has 2 amide bonds. The first kappa shape index (κ1) is 16.1. The summed E-state index contributed by atoms with van der Waals surface area (Å²) in [6, 6.07) is 5.07. The molecule has 1 atom stereocenters. The molecule has 1 aromatic carbocycles. The molecule has 1 aromatic rings. The second-order valence-electron chi connectivity index (χ2n) is 4.21. The van der Waals surface area contributed by atoms with Crippen LogP contribution >= 0.6 is 0 Å². The molecule has 3 N–H and O–H groups in total. The summed E-state index contributed by atoms with van der Waals surface area (Å²) in [6.07, 6.45) is 0. The molecule has 0 aliphatic rings. The molecule has 6 nitrogen and oxygen atoms in total. The Bertz CT molecular complexity index is 437. The zero-order chi connectivity index (χ0) is 15.0. The second-order valence-corrected chi connectivity index (χ2v) is 4.21. The van der Waals surface area contributed by atoms with Crippen molar-refractivity contribution in [1.29, 1.82) is 0 Å². The van der Waals surface area contributed by atoms with Crippen LogP contribution in [0.25, 0.3) is 0 Å². The Morgan fingerprint density at radius 1 is 1.40 bits per heavy atom. The van der Waals surface area contributed by atoms with Crippen LogP contribution in [-0.4, -0.2) is 38.0 Å². The lowest BCUT2D eigenvalue weighted by atomic mass is 10.1. The fraction of sp³-hybridized carbons (Fsp3) is 0.500. The highest BCUT2D eigenvalue weighted by Crippen LogP contribution is 2.30. The number of rotatable bonds is 7. The molecule has 1 rings (SSSR count). The van der Waals surface area contributed by atoms with Gasteiger partial charge >= 0.3 is 6.03 Å². The lowest BCUT2D eigenvalue weighted by Crippen LogP contribution is -2.36. The highest BCUT2D eigenvalue weighted by molar-refractivity contribution is 5.74. The Balaban J connectivity index is 2.78. The first-order chi connectivity index (χ1) is 9.62. The van der Waals surface area contributed by atoms with E-state index in [1.807, 2.05) is 26.0 Å². The third-order valence-electron chi connectivity index (χ3n) is 2.72. The summed E-state index contributed by atoms with van der Waals surface area (Å²) in [5.74, 6) is 1.14. The summed E-state index contributed by atoms with van der Waals surface area (Å²) in [6.45, 7) is 4.48. The number of hydrogen-bond acceptors (Lipinski definition) is 4. The molecule has 0 heterocycles. The van der Waals surface area contributed by atoms with Crippen LogP contribution < -0.4 is 20.1 Å². The van der Waals surface area contributed by atoms with Gasteiger partial charge in [0.25, 0.3) is 0 Å².